The van der Waals surface area contributed by atoms with Crippen LogP contribution in [0.1, 0.15) is 155 Å². The summed E-state index contributed by atoms with van der Waals surface area (Å²) in [6.07, 6.45) is 31.7. The zero-order chi connectivity index (χ0) is 97.8. The second kappa shape index (κ2) is 47.6. The molecule has 144 heavy (non-hydrogen) atoms. The monoisotopic (exact) mass is 2070 g/mol. The van der Waals surface area contributed by atoms with Crippen molar-refractivity contribution in [3.05, 3.63) is 434 Å². The zero-order valence-electron chi connectivity index (χ0n) is 81.8. The number of unbranched alkanes of at least 4 members (excludes halogenated alkanes) is 6. The van der Waals surface area contributed by atoms with E-state index < -0.39 is 11.4 Å². The fraction of sp³-hybridized carbons (Fsp3) is 0.254. The number of rotatable bonds is 34. The molecule has 10 unspecified atom stereocenters. The van der Waals surface area contributed by atoms with Crippen LogP contribution in [0.4, 0.5) is 0 Å². The van der Waals surface area contributed by atoms with E-state index in [0.717, 1.165) is 144 Å². The van der Waals surface area contributed by atoms with Gasteiger partial charge >= 0.3 is 44.0 Å². The summed E-state index contributed by atoms with van der Waals surface area (Å²) in [6, 6.07) is 119. The molecule has 0 N–H and O–H groups in total. The summed E-state index contributed by atoms with van der Waals surface area (Å²) in [5.41, 5.74) is 24.3. The van der Waals surface area contributed by atoms with Gasteiger partial charge in [-0.3, -0.25) is 24.4 Å². The number of methoxy groups -OCH3 is 1. The largest absolute Gasteiger partial charge is 3.00 e. The van der Waals surface area contributed by atoms with Crippen LogP contribution in [0, 0.1) is 71.5 Å². The van der Waals surface area contributed by atoms with Gasteiger partial charge in [0.2, 0.25) is 0 Å². The molecule has 3 saturated carbocycles. The molecule has 0 saturated heterocycles. The number of hydrogen-bond acceptors (Lipinski definition) is 12. The number of aromatic nitrogens is 4. The van der Waals surface area contributed by atoms with E-state index in [2.05, 4.69) is 246 Å². The van der Waals surface area contributed by atoms with E-state index in [9.17, 15) is 19.2 Å². The van der Waals surface area contributed by atoms with E-state index in [-0.39, 0.29) is 97.9 Å². The molecule has 5 aliphatic carbocycles. The van der Waals surface area contributed by atoms with Gasteiger partial charge in [0, 0.05) is 46.5 Å². The number of esters is 4. The first-order chi connectivity index (χ1) is 70.3. The van der Waals surface area contributed by atoms with Crippen LogP contribution in [0.3, 0.4) is 0 Å². The van der Waals surface area contributed by atoms with Gasteiger partial charge in [0.1, 0.15) is 5.75 Å². The number of pyridine rings is 3. The molecule has 724 valence electrons. The minimum atomic E-state index is -0.403. The predicted molar refractivity (Wildman–Crippen MR) is 575 cm³/mol. The third-order valence-corrected chi connectivity index (χ3v) is 29.8. The van der Waals surface area contributed by atoms with Crippen molar-refractivity contribution < 1.29 is 63.0 Å². The second-order valence-electron chi connectivity index (χ2n) is 39.0. The minimum absolute atomic E-state index is 0. The third kappa shape index (κ3) is 23.3. The van der Waals surface area contributed by atoms with Crippen molar-refractivity contribution >= 4 is 73.6 Å². The Morgan fingerprint density at radius 2 is 1.01 bits per heavy atom. The van der Waals surface area contributed by atoms with Gasteiger partial charge in [-0.05, 0) is 250 Å². The van der Waals surface area contributed by atoms with E-state index in [1.165, 1.54) is 95.8 Å². The van der Waals surface area contributed by atoms with Gasteiger partial charge in [0.15, 0.2) is 0 Å². The molecule has 3 fully saturated rings. The van der Waals surface area contributed by atoms with Crippen molar-refractivity contribution in [1.29, 1.82) is 0 Å². The maximum absolute atomic E-state index is 14.5. The first-order valence-electron chi connectivity index (χ1n) is 50.9. The van der Waals surface area contributed by atoms with Gasteiger partial charge in [-0.2, -0.15) is 0 Å². The van der Waals surface area contributed by atoms with Crippen molar-refractivity contribution in [3.63, 3.8) is 0 Å². The summed E-state index contributed by atoms with van der Waals surface area (Å²) in [5.74, 6) is 0.659. The molecule has 21 rings (SSSR count). The van der Waals surface area contributed by atoms with Crippen LogP contribution in [0.5, 0.6) is 5.75 Å². The molecular formula is C130H121IrN4O9. The smallest absolute Gasteiger partial charge is 0.493 e. The summed E-state index contributed by atoms with van der Waals surface area (Å²) in [5, 5.41) is 4.80. The zero-order valence-corrected chi connectivity index (χ0v) is 84.2. The van der Waals surface area contributed by atoms with Crippen LogP contribution < -0.4 is 4.74 Å². The molecule has 4 aromatic heterocycles. The first-order valence-corrected chi connectivity index (χ1v) is 50.9. The number of carbonyl (C=O) groups is 4. The van der Waals surface area contributed by atoms with Crippen LogP contribution in [-0.2, 0) is 70.3 Å². The third-order valence-electron chi connectivity index (χ3n) is 29.8. The fourth-order valence-electron chi connectivity index (χ4n) is 22.3. The number of fused-ring (bicyclic) bond motifs is 11. The summed E-state index contributed by atoms with van der Waals surface area (Å²) in [6.45, 7) is 12.4. The fourth-order valence-corrected chi connectivity index (χ4v) is 22.3. The van der Waals surface area contributed by atoms with Crippen LogP contribution in [-0.4, -0.2) is 70.3 Å². The SMILES string of the molecule is C=CC1CC(/C=C\C2CC(/C=C\C3CC(C=C)C(C(=O)OCCCC4(C)c5cc(C6c7ccccc7-c7ccccc76)ccc5-c5ccc(-n6c7ccccc7c7ccccc76)cc54)C3)CC2C(=O)OCCCCCCCCCC(=O)OCc2c[c-]c(-c3ccccn3)cc2)CC1COc1ccc(/C=C/C(=O)OC)cc1.[Ir+3].[c-]1ccccc1-c1ccc2ccccc2n1.[c-]1ccccc1-c1ccc2ccccc2n1. The average molecular weight is 2080 g/mol. The van der Waals surface area contributed by atoms with Gasteiger partial charge < -0.3 is 33.2 Å². The van der Waals surface area contributed by atoms with Gasteiger partial charge in [0.25, 0.3) is 0 Å². The molecule has 0 amide bonds. The number of para-hydroxylation sites is 4. The van der Waals surface area contributed by atoms with E-state index in [4.69, 9.17) is 23.7 Å². The molecule has 0 aliphatic heterocycles. The topological polar surface area (TPSA) is 158 Å². The van der Waals surface area contributed by atoms with Gasteiger partial charge in [-0.25, -0.2) is 4.79 Å². The van der Waals surface area contributed by atoms with Gasteiger partial charge in [-0.15, -0.1) is 115 Å². The van der Waals surface area contributed by atoms with Gasteiger partial charge in [0.05, 0.1) is 67.4 Å². The Balaban J connectivity index is 0.000000345. The standard InChI is InChI=1S/C100H101N2O9.2C15H10N.Ir/c1-5-72-57-69(60-77(72)66-110-79-48-40-67(41-49-79)42-52-95(103)107-4)39-45-75-59-71(62-89(75)99(106)108-55-23-11-9-7-8-10-12-34-96(104)111-65-68-37-43-74(44-38-68)92-31-21-22-54-101-92)36-35-70-58-73(6-2)88(61-70)98(105)109-56-24-53-100(3)90-63-76(97-86-29-15-13-25-80(86)81-26-14-16-30-87(81)97)46-50-82(90)83-51-47-78(64-91(83)100)102-93-32-19-17-27-84(93)85-28-18-20-33-94(85)102;2*1-2-6-12(7-3-1)15-11-10-13-8-4-5-9-14(13)16-15;/h5-6,13-22,25-33,35-43,45-52,54,63-64,69-73,75,77,88-89,97H,1-2,7-12,23-24,34,53,55-62,65-66H2,3-4H3;2*1-6,8-11H;/q3*-1;+3/b36-35-,45-39-,52-42+;;;. The normalized spacial score (nSPS) is 19.1. The Morgan fingerprint density at radius 1 is 0.465 bits per heavy atom. The molecule has 5 aliphatic rings. The molecule has 0 spiro atoms. The molecule has 12 aromatic carbocycles. The van der Waals surface area contributed by atoms with Crippen molar-refractivity contribution in [1.82, 2.24) is 19.5 Å². The van der Waals surface area contributed by atoms with E-state index in [1.54, 1.807) is 12.3 Å². The molecule has 16 aromatic rings. The number of ether oxygens (including phenoxy) is 5. The van der Waals surface area contributed by atoms with Crippen LogP contribution >= 0.6 is 0 Å². The average Bonchev–Trinajstić information content (AvgIpc) is 1.55. The molecular weight excluding hydrogens is 1950 g/mol. The summed E-state index contributed by atoms with van der Waals surface area (Å²) < 4.78 is 31.7. The molecule has 10 atom stereocenters. The molecule has 0 bridgehead atoms. The summed E-state index contributed by atoms with van der Waals surface area (Å²) in [7, 11) is 1.36. The Hall–Kier alpha value is -14.6. The molecule has 13 nitrogen and oxygen atoms in total. The minimum Gasteiger partial charge on any atom is -0.493 e. The Morgan fingerprint density at radius 3 is 1.62 bits per heavy atom. The van der Waals surface area contributed by atoms with Crippen LogP contribution in [0.25, 0.3) is 111 Å². The predicted octanol–water partition coefficient (Wildman–Crippen LogP) is 29.9. The van der Waals surface area contributed by atoms with Gasteiger partial charge in [-0.1, -0.05) is 275 Å². The Labute approximate surface area is 859 Å². The molecule has 4 heterocycles. The van der Waals surface area contributed by atoms with Crippen LogP contribution in [0.2, 0.25) is 0 Å². The number of carbonyl (C=O) groups excluding carboxylic acids is 4. The number of benzene rings is 12. The summed E-state index contributed by atoms with van der Waals surface area (Å²) >= 11 is 0. The molecule has 14 heteroatoms. The van der Waals surface area contributed by atoms with Crippen molar-refractivity contribution in [2.45, 2.75) is 128 Å². The number of allylic oxidation sites excluding steroid dienone is 6. The van der Waals surface area contributed by atoms with Crippen molar-refractivity contribution in [2.24, 2.45) is 53.3 Å². The first kappa shape index (κ1) is 99.6. The Bertz CT molecular complexity index is 7060. The maximum Gasteiger partial charge on any atom is 3.00 e. The van der Waals surface area contributed by atoms with E-state index >= 15 is 0 Å². The van der Waals surface area contributed by atoms with E-state index in [0.29, 0.717) is 51.4 Å². The molecule has 0 radical (unpaired) electrons. The summed E-state index contributed by atoms with van der Waals surface area (Å²) in [4.78, 5) is 66.7. The second-order valence-corrected chi connectivity index (χ2v) is 39.0. The maximum atomic E-state index is 14.5. The Kier molecular flexibility index (Phi) is 32.9. The van der Waals surface area contributed by atoms with Crippen molar-refractivity contribution in [2.75, 3.05) is 26.9 Å². The number of nitrogens with zero attached hydrogens (tertiary/aromatic N) is 4. The van der Waals surface area contributed by atoms with Crippen molar-refractivity contribution in [3.8, 4) is 67.5 Å². The van der Waals surface area contributed by atoms with Crippen LogP contribution in [0.15, 0.2) is 377 Å². The quantitative estimate of drug-likeness (QED) is 0.00940. The number of hydrogen-bond donors (Lipinski definition) is 0. The van der Waals surface area contributed by atoms with E-state index in [1.807, 2.05) is 164 Å².